The highest BCUT2D eigenvalue weighted by Gasteiger charge is 2.08. The van der Waals surface area contributed by atoms with Crippen LogP contribution in [0.2, 0.25) is 0 Å². The molecular weight excluding hydrogens is 276 g/mol. The van der Waals surface area contributed by atoms with Crippen molar-refractivity contribution < 1.29 is 9.53 Å². The number of para-hydroxylation sites is 1. The minimum absolute atomic E-state index is 0. The van der Waals surface area contributed by atoms with Crippen molar-refractivity contribution in [1.82, 2.24) is 10.6 Å². The second kappa shape index (κ2) is 9.61. The molecule has 0 aliphatic carbocycles. The van der Waals surface area contributed by atoms with E-state index in [-0.39, 0.29) is 31.0 Å². The maximum absolute atomic E-state index is 11.7. The van der Waals surface area contributed by atoms with E-state index in [1.807, 2.05) is 45.9 Å². The number of ether oxygens (including phenoxy) is 1. The zero-order valence-electron chi connectivity index (χ0n) is 12.7. The fraction of sp³-hybridized carbons (Fsp3) is 0.533. The standard InChI is InChI=1S/C15H24N2O2.ClH/c1-5-16-13(4)9-17-14(18)10-19-15-11(2)7-6-8-12(15)3;/h6-8,13,16H,5,9-10H2,1-4H3,(H,17,18);1H/t13-;/m1./s1. The van der Waals surface area contributed by atoms with Crippen molar-refractivity contribution in [3.63, 3.8) is 0 Å². The minimum atomic E-state index is -0.0904. The molecule has 0 saturated heterocycles. The normalized spacial score (nSPS) is 11.4. The highest BCUT2D eigenvalue weighted by atomic mass is 35.5. The van der Waals surface area contributed by atoms with Crippen molar-refractivity contribution in [3.05, 3.63) is 29.3 Å². The average Bonchev–Trinajstić information content (AvgIpc) is 2.36. The second-order valence-electron chi connectivity index (χ2n) is 4.77. The Balaban J connectivity index is 0.00000361. The van der Waals surface area contributed by atoms with Crippen LogP contribution in [0.25, 0.3) is 0 Å². The quantitative estimate of drug-likeness (QED) is 0.812. The molecule has 0 saturated carbocycles. The molecule has 0 fully saturated rings. The van der Waals surface area contributed by atoms with Crippen LogP contribution in [-0.4, -0.2) is 31.6 Å². The van der Waals surface area contributed by atoms with Crippen LogP contribution in [0.3, 0.4) is 0 Å². The third-order valence-corrected chi connectivity index (χ3v) is 2.91. The first-order valence-corrected chi connectivity index (χ1v) is 6.73. The summed E-state index contributed by atoms with van der Waals surface area (Å²) in [7, 11) is 0. The molecule has 0 bridgehead atoms. The number of likely N-dealkylation sites (N-methyl/N-ethyl adjacent to an activating group) is 1. The highest BCUT2D eigenvalue weighted by Crippen LogP contribution is 2.21. The molecule has 1 atom stereocenters. The Morgan fingerprint density at radius 2 is 1.90 bits per heavy atom. The van der Waals surface area contributed by atoms with Gasteiger partial charge in [-0.3, -0.25) is 4.79 Å². The predicted octanol–water partition coefficient (Wildman–Crippen LogP) is 2.22. The molecule has 0 aliphatic rings. The van der Waals surface area contributed by atoms with E-state index in [2.05, 4.69) is 10.6 Å². The molecular formula is C15H25ClN2O2. The van der Waals surface area contributed by atoms with E-state index in [0.29, 0.717) is 6.54 Å². The van der Waals surface area contributed by atoms with Crippen LogP contribution in [-0.2, 0) is 4.79 Å². The molecule has 0 aliphatic heterocycles. The first kappa shape index (κ1) is 18.7. The first-order valence-electron chi connectivity index (χ1n) is 6.73. The first-order chi connectivity index (χ1) is 9.04. The van der Waals surface area contributed by atoms with Gasteiger partial charge >= 0.3 is 0 Å². The van der Waals surface area contributed by atoms with Gasteiger partial charge in [-0.15, -0.1) is 12.4 Å². The number of halogens is 1. The van der Waals surface area contributed by atoms with E-state index >= 15 is 0 Å². The topological polar surface area (TPSA) is 50.4 Å². The molecule has 20 heavy (non-hydrogen) atoms. The lowest BCUT2D eigenvalue weighted by Crippen LogP contribution is -2.40. The smallest absolute Gasteiger partial charge is 0.257 e. The number of hydrogen-bond acceptors (Lipinski definition) is 3. The third kappa shape index (κ3) is 6.26. The van der Waals surface area contributed by atoms with Gasteiger partial charge in [-0.1, -0.05) is 25.1 Å². The predicted molar refractivity (Wildman–Crippen MR) is 84.8 cm³/mol. The van der Waals surface area contributed by atoms with Crippen LogP contribution >= 0.6 is 12.4 Å². The van der Waals surface area contributed by atoms with Gasteiger partial charge in [0.05, 0.1) is 0 Å². The van der Waals surface area contributed by atoms with Crippen LogP contribution in [0, 0.1) is 13.8 Å². The lowest BCUT2D eigenvalue weighted by atomic mass is 10.1. The maximum atomic E-state index is 11.7. The fourth-order valence-corrected chi connectivity index (χ4v) is 1.90. The van der Waals surface area contributed by atoms with Crippen molar-refractivity contribution >= 4 is 18.3 Å². The van der Waals surface area contributed by atoms with Gasteiger partial charge in [-0.25, -0.2) is 0 Å². The number of benzene rings is 1. The molecule has 1 amide bonds. The summed E-state index contributed by atoms with van der Waals surface area (Å²) < 4.78 is 5.59. The van der Waals surface area contributed by atoms with E-state index in [1.54, 1.807) is 0 Å². The fourth-order valence-electron chi connectivity index (χ4n) is 1.90. The van der Waals surface area contributed by atoms with Crippen molar-refractivity contribution in [1.29, 1.82) is 0 Å². The molecule has 4 nitrogen and oxygen atoms in total. The Morgan fingerprint density at radius 1 is 1.30 bits per heavy atom. The Bertz CT molecular complexity index is 404. The third-order valence-electron chi connectivity index (χ3n) is 2.91. The molecule has 0 aromatic heterocycles. The number of rotatable bonds is 7. The minimum Gasteiger partial charge on any atom is -0.483 e. The van der Waals surface area contributed by atoms with Crippen LogP contribution in [0.1, 0.15) is 25.0 Å². The van der Waals surface area contributed by atoms with Crippen molar-refractivity contribution in [3.8, 4) is 5.75 Å². The summed E-state index contributed by atoms with van der Waals surface area (Å²) in [5.74, 6) is 0.713. The zero-order chi connectivity index (χ0) is 14.3. The maximum Gasteiger partial charge on any atom is 0.257 e. The Hall–Kier alpha value is -1.26. The monoisotopic (exact) mass is 300 g/mol. The summed E-state index contributed by atoms with van der Waals surface area (Å²) >= 11 is 0. The lowest BCUT2D eigenvalue weighted by molar-refractivity contribution is -0.123. The molecule has 0 unspecified atom stereocenters. The molecule has 1 aromatic rings. The van der Waals surface area contributed by atoms with Crippen molar-refractivity contribution in [2.24, 2.45) is 0 Å². The van der Waals surface area contributed by atoms with Crippen LogP contribution in [0.4, 0.5) is 0 Å². The molecule has 2 N–H and O–H groups in total. The van der Waals surface area contributed by atoms with Gasteiger partial charge in [-0.2, -0.15) is 0 Å². The Kier molecular flexibility index (Phi) is 9.01. The van der Waals surface area contributed by atoms with Crippen LogP contribution in [0.5, 0.6) is 5.75 Å². The van der Waals surface area contributed by atoms with Crippen LogP contribution < -0.4 is 15.4 Å². The lowest BCUT2D eigenvalue weighted by Gasteiger charge is -2.14. The highest BCUT2D eigenvalue weighted by molar-refractivity contribution is 5.85. The van der Waals surface area contributed by atoms with Crippen molar-refractivity contribution in [2.45, 2.75) is 33.7 Å². The van der Waals surface area contributed by atoms with E-state index in [9.17, 15) is 4.79 Å². The Labute approximate surface area is 127 Å². The van der Waals surface area contributed by atoms with Gasteiger partial charge in [0.1, 0.15) is 5.75 Å². The van der Waals surface area contributed by atoms with E-state index < -0.39 is 0 Å². The summed E-state index contributed by atoms with van der Waals surface area (Å²) in [6.45, 7) is 9.61. The second-order valence-corrected chi connectivity index (χ2v) is 4.77. The largest absolute Gasteiger partial charge is 0.483 e. The molecule has 1 aromatic carbocycles. The van der Waals surface area contributed by atoms with Gasteiger partial charge < -0.3 is 15.4 Å². The molecule has 0 spiro atoms. The summed E-state index contributed by atoms with van der Waals surface area (Å²) in [5, 5.41) is 6.09. The van der Waals surface area contributed by atoms with E-state index in [4.69, 9.17) is 4.74 Å². The summed E-state index contributed by atoms with van der Waals surface area (Å²) in [5.41, 5.74) is 2.10. The number of nitrogens with one attached hydrogen (secondary N) is 2. The zero-order valence-corrected chi connectivity index (χ0v) is 13.5. The Morgan fingerprint density at radius 3 is 2.45 bits per heavy atom. The number of aryl methyl sites for hydroxylation is 2. The van der Waals surface area contributed by atoms with Crippen LogP contribution in [0.15, 0.2) is 18.2 Å². The van der Waals surface area contributed by atoms with Gasteiger partial charge in [0.2, 0.25) is 0 Å². The number of amides is 1. The van der Waals surface area contributed by atoms with Crippen molar-refractivity contribution in [2.75, 3.05) is 19.7 Å². The summed E-state index contributed by atoms with van der Waals surface area (Å²) in [6, 6.07) is 6.21. The van der Waals surface area contributed by atoms with E-state index in [0.717, 1.165) is 23.4 Å². The molecule has 114 valence electrons. The number of hydrogen-bond donors (Lipinski definition) is 2. The average molecular weight is 301 g/mol. The SMILES string of the molecule is CCN[C@H](C)CNC(=O)COc1c(C)cccc1C.Cl. The van der Waals surface area contributed by atoms with Gasteiger partial charge in [0.25, 0.3) is 5.91 Å². The van der Waals surface area contributed by atoms with Gasteiger partial charge in [-0.05, 0) is 38.4 Å². The number of carbonyl (C=O) groups excluding carboxylic acids is 1. The summed E-state index contributed by atoms with van der Waals surface area (Å²) in [6.07, 6.45) is 0. The van der Waals surface area contributed by atoms with Gasteiger partial charge in [0, 0.05) is 12.6 Å². The molecule has 0 heterocycles. The van der Waals surface area contributed by atoms with Gasteiger partial charge in [0.15, 0.2) is 6.61 Å². The molecule has 5 heteroatoms. The molecule has 0 radical (unpaired) electrons. The molecule has 1 rings (SSSR count). The van der Waals surface area contributed by atoms with E-state index in [1.165, 1.54) is 0 Å². The number of carbonyl (C=O) groups is 1. The summed E-state index contributed by atoms with van der Waals surface area (Å²) in [4.78, 5) is 11.7.